The largest absolute Gasteiger partial charge is 0.530 e. The molecule has 1 saturated heterocycles. The standard InChI is InChI=1S/C8H16N2O2/c1-8(2,3)10(7(11)12)6-4-9-5-6/h6,9H,4-5H2,1-3H3,(H,11,12)/p-1. The first kappa shape index (κ1) is 9.32. The van der Waals surface area contributed by atoms with Gasteiger partial charge in [0, 0.05) is 18.6 Å². The van der Waals surface area contributed by atoms with E-state index in [1.54, 1.807) is 0 Å². The highest BCUT2D eigenvalue weighted by atomic mass is 16.4. The number of hydrogen-bond donors (Lipinski definition) is 1. The van der Waals surface area contributed by atoms with Gasteiger partial charge >= 0.3 is 0 Å². The molecule has 0 spiro atoms. The lowest BCUT2D eigenvalue weighted by molar-refractivity contribution is -0.274. The van der Waals surface area contributed by atoms with Crippen LogP contribution < -0.4 is 10.4 Å². The van der Waals surface area contributed by atoms with Crippen molar-refractivity contribution in [2.24, 2.45) is 0 Å². The molecule has 1 amide bonds. The Kier molecular flexibility index (Phi) is 2.28. The number of amides is 1. The summed E-state index contributed by atoms with van der Waals surface area (Å²) in [6, 6.07) is 0.0926. The van der Waals surface area contributed by atoms with Gasteiger partial charge in [-0.15, -0.1) is 0 Å². The molecule has 0 unspecified atom stereocenters. The Morgan fingerprint density at radius 2 is 2.00 bits per heavy atom. The van der Waals surface area contributed by atoms with Gasteiger partial charge in [0.05, 0.1) is 6.04 Å². The van der Waals surface area contributed by atoms with Gasteiger partial charge in [0.15, 0.2) is 0 Å². The van der Waals surface area contributed by atoms with Crippen LogP contribution in [0.5, 0.6) is 0 Å². The van der Waals surface area contributed by atoms with E-state index in [1.807, 2.05) is 20.8 Å². The van der Waals surface area contributed by atoms with E-state index in [0.29, 0.717) is 0 Å². The summed E-state index contributed by atoms with van der Waals surface area (Å²) in [6.07, 6.45) is -1.07. The minimum Gasteiger partial charge on any atom is -0.530 e. The number of rotatable bonds is 1. The zero-order valence-corrected chi connectivity index (χ0v) is 7.76. The molecule has 1 aliphatic rings. The van der Waals surface area contributed by atoms with E-state index in [0.717, 1.165) is 13.1 Å². The predicted molar refractivity (Wildman–Crippen MR) is 43.6 cm³/mol. The van der Waals surface area contributed by atoms with Gasteiger partial charge in [0.25, 0.3) is 0 Å². The van der Waals surface area contributed by atoms with Crippen molar-refractivity contribution in [3.05, 3.63) is 0 Å². The van der Waals surface area contributed by atoms with Crippen LogP contribution >= 0.6 is 0 Å². The van der Waals surface area contributed by atoms with E-state index in [2.05, 4.69) is 5.32 Å². The van der Waals surface area contributed by atoms with E-state index in [4.69, 9.17) is 0 Å². The lowest BCUT2D eigenvalue weighted by Crippen LogP contribution is -2.66. The summed E-state index contributed by atoms with van der Waals surface area (Å²) in [5, 5.41) is 13.8. The van der Waals surface area contributed by atoms with Crippen molar-refractivity contribution in [3.8, 4) is 0 Å². The highest BCUT2D eigenvalue weighted by Crippen LogP contribution is 2.18. The number of carbonyl (C=O) groups excluding carboxylic acids is 1. The van der Waals surface area contributed by atoms with Gasteiger partial charge in [0.2, 0.25) is 0 Å². The summed E-state index contributed by atoms with van der Waals surface area (Å²) in [7, 11) is 0. The molecular formula is C8H15N2O2-. The van der Waals surface area contributed by atoms with E-state index in [9.17, 15) is 9.90 Å². The normalized spacial score (nSPS) is 18.6. The molecular weight excluding hydrogens is 156 g/mol. The first-order valence-corrected chi connectivity index (χ1v) is 4.14. The number of carboxylic acid groups (broad SMARTS) is 1. The summed E-state index contributed by atoms with van der Waals surface area (Å²) in [5.74, 6) is 0. The summed E-state index contributed by atoms with van der Waals surface area (Å²) in [6.45, 7) is 7.11. The second-order valence-electron chi connectivity index (χ2n) is 4.12. The van der Waals surface area contributed by atoms with Crippen molar-refractivity contribution in [3.63, 3.8) is 0 Å². The third-order valence-corrected chi connectivity index (χ3v) is 2.04. The number of hydrogen-bond acceptors (Lipinski definition) is 3. The topological polar surface area (TPSA) is 55.4 Å². The second-order valence-corrected chi connectivity index (χ2v) is 4.12. The van der Waals surface area contributed by atoms with Crippen LogP contribution in [0.15, 0.2) is 0 Å². The maximum Gasteiger partial charge on any atom is 0.137 e. The van der Waals surface area contributed by atoms with Crippen LogP contribution in [-0.2, 0) is 0 Å². The second kappa shape index (κ2) is 2.94. The average molecular weight is 171 g/mol. The summed E-state index contributed by atoms with van der Waals surface area (Å²) < 4.78 is 0. The smallest absolute Gasteiger partial charge is 0.137 e. The Bertz CT molecular complexity index is 182. The molecule has 1 aliphatic heterocycles. The van der Waals surface area contributed by atoms with Crippen LogP contribution in [0, 0.1) is 0 Å². The number of nitrogens with one attached hydrogen (secondary N) is 1. The van der Waals surface area contributed by atoms with E-state index < -0.39 is 6.09 Å². The van der Waals surface area contributed by atoms with E-state index in [1.165, 1.54) is 4.90 Å². The minimum absolute atomic E-state index is 0.0926. The lowest BCUT2D eigenvalue weighted by atomic mass is 10.0. The Labute approximate surface area is 72.6 Å². The summed E-state index contributed by atoms with van der Waals surface area (Å²) in [4.78, 5) is 12.2. The molecule has 1 heterocycles. The van der Waals surface area contributed by atoms with Crippen LogP contribution in [-0.4, -0.2) is 35.7 Å². The minimum atomic E-state index is -1.07. The average Bonchev–Trinajstić information content (AvgIpc) is 1.73. The first-order chi connectivity index (χ1) is 5.43. The Balaban J connectivity index is 2.67. The zero-order valence-electron chi connectivity index (χ0n) is 7.76. The molecule has 0 radical (unpaired) electrons. The van der Waals surface area contributed by atoms with Gasteiger partial charge < -0.3 is 20.1 Å². The fraction of sp³-hybridized carbons (Fsp3) is 0.875. The quantitative estimate of drug-likeness (QED) is 0.573. The molecule has 1 rings (SSSR count). The molecule has 12 heavy (non-hydrogen) atoms. The Morgan fingerprint density at radius 3 is 2.08 bits per heavy atom. The molecule has 70 valence electrons. The third kappa shape index (κ3) is 1.69. The number of carbonyl (C=O) groups is 1. The maximum absolute atomic E-state index is 10.8. The molecule has 1 fully saturated rings. The van der Waals surface area contributed by atoms with Crippen LogP contribution in [0.3, 0.4) is 0 Å². The molecule has 0 atom stereocenters. The van der Waals surface area contributed by atoms with Crippen LogP contribution in [0.1, 0.15) is 20.8 Å². The summed E-state index contributed by atoms with van der Waals surface area (Å²) in [5.41, 5.74) is -0.356. The monoisotopic (exact) mass is 171 g/mol. The van der Waals surface area contributed by atoms with Gasteiger partial charge in [-0.1, -0.05) is 0 Å². The van der Waals surface area contributed by atoms with E-state index in [-0.39, 0.29) is 11.6 Å². The maximum atomic E-state index is 10.8. The molecule has 0 saturated carbocycles. The molecule has 4 heteroatoms. The lowest BCUT2D eigenvalue weighted by Gasteiger charge is -2.47. The van der Waals surface area contributed by atoms with Gasteiger partial charge in [-0.05, 0) is 20.8 Å². The van der Waals surface area contributed by atoms with Gasteiger partial charge in [0.1, 0.15) is 6.09 Å². The highest BCUT2D eigenvalue weighted by Gasteiger charge is 2.32. The van der Waals surface area contributed by atoms with Crippen molar-refractivity contribution in [2.45, 2.75) is 32.4 Å². The Hall–Kier alpha value is -0.770. The molecule has 0 aromatic heterocycles. The van der Waals surface area contributed by atoms with Crippen LogP contribution in [0.4, 0.5) is 4.79 Å². The van der Waals surface area contributed by atoms with Crippen molar-refractivity contribution in [1.82, 2.24) is 10.2 Å². The molecule has 0 bridgehead atoms. The van der Waals surface area contributed by atoms with Crippen LogP contribution in [0.25, 0.3) is 0 Å². The molecule has 0 aromatic rings. The zero-order chi connectivity index (χ0) is 9.35. The number of nitrogens with zero attached hydrogens (tertiary/aromatic N) is 1. The highest BCUT2D eigenvalue weighted by molar-refractivity contribution is 5.64. The third-order valence-electron chi connectivity index (χ3n) is 2.04. The van der Waals surface area contributed by atoms with Crippen molar-refractivity contribution < 1.29 is 9.90 Å². The van der Waals surface area contributed by atoms with Crippen LogP contribution in [0.2, 0.25) is 0 Å². The van der Waals surface area contributed by atoms with Gasteiger partial charge in [-0.25, -0.2) is 0 Å². The van der Waals surface area contributed by atoms with Gasteiger partial charge in [-0.3, -0.25) is 0 Å². The van der Waals surface area contributed by atoms with Crippen molar-refractivity contribution in [1.29, 1.82) is 0 Å². The molecule has 0 aromatic carbocycles. The van der Waals surface area contributed by atoms with Crippen molar-refractivity contribution >= 4 is 6.09 Å². The molecule has 1 N–H and O–H groups in total. The Morgan fingerprint density at radius 1 is 1.50 bits per heavy atom. The summed E-state index contributed by atoms with van der Waals surface area (Å²) >= 11 is 0. The molecule has 4 nitrogen and oxygen atoms in total. The predicted octanol–water partition coefficient (Wildman–Crippen LogP) is -0.598. The van der Waals surface area contributed by atoms with Gasteiger partial charge in [-0.2, -0.15) is 0 Å². The fourth-order valence-corrected chi connectivity index (χ4v) is 1.43. The van der Waals surface area contributed by atoms with Crippen molar-refractivity contribution in [2.75, 3.05) is 13.1 Å². The SMILES string of the molecule is CC(C)(C)N(C(=O)[O-])C1CNC1. The first-order valence-electron chi connectivity index (χ1n) is 4.14. The van der Waals surface area contributed by atoms with E-state index >= 15 is 0 Å². The fourth-order valence-electron chi connectivity index (χ4n) is 1.43. The molecule has 0 aliphatic carbocycles.